The van der Waals surface area contributed by atoms with E-state index in [-0.39, 0.29) is 5.91 Å². The van der Waals surface area contributed by atoms with Gasteiger partial charge in [-0.2, -0.15) is 5.10 Å². The van der Waals surface area contributed by atoms with Crippen LogP contribution in [-0.2, 0) is 0 Å². The summed E-state index contributed by atoms with van der Waals surface area (Å²) in [6.07, 6.45) is 0. The molecule has 0 aliphatic heterocycles. The Labute approximate surface area is 185 Å². The minimum absolute atomic E-state index is 0.333. The van der Waals surface area contributed by atoms with Crippen LogP contribution in [0, 0.1) is 0 Å². The zero-order valence-corrected chi connectivity index (χ0v) is 17.8. The summed E-state index contributed by atoms with van der Waals surface area (Å²) < 4.78 is 12.2. The van der Waals surface area contributed by atoms with Gasteiger partial charge in [0.25, 0.3) is 5.91 Å². The smallest absolute Gasteiger partial charge is 0.274 e. The third-order valence-corrected chi connectivity index (χ3v) is 5.05. The summed E-state index contributed by atoms with van der Waals surface area (Å²) in [5, 5.41) is 7.87. The fourth-order valence-electron chi connectivity index (χ4n) is 3.20. The fourth-order valence-corrected chi connectivity index (χ4v) is 3.40. The maximum absolute atomic E-state index is 13.3. The molecule has 0 fully saturated rings. The van der Waals surface area contributed by atoms with Gasteiger partial charge >= 0.3 is 0 Å². The number of carbonyl (C=O) groups excluding carboxylic acids is 1. The Kier molecular flexibility index (Phi) is 5.91. The van der Waals surface area contributed by atoms with Gasteiger partial charge in [0.05, 0.1) is 36.3 Å². The van der Waals surface area contributed by atoms with E-state index < -0.39 is 0 Å². The van der Waals surface area contributed by atoms with Crippen LogP contribution in [0.5, 0.6) is 11.5 Å². The molecule has 0 bridgehead atoms. The van der Waals surface area contributed by atoms with Crippen molar-refractivity contribution in [3.8, 4) is 28.4 Å². The molecular weight excluding hydrogens is 414 g/mol. The van der Waals surface area contributed by atoms with E-state index in [1.807, 2.05) is 60.7 Å². The number of methoxy groups -OCH3 is 2. The Morgan fingerprint density at radius 3 is 2.16 bits per heavy atom. The number of carbonyl (C=O) groups is 1. The van der Waals surface area contributed by atoms with Gasteiger partial charge in [-0.15, -0.1) is 0 Å². The largest absolute Gasteiger partial charge is 0.493 e. The van der Waals surface area contributed by atoms with E-state index in [0.717, 1.165) is 11.3 Å². The first-order valence-electron chi connectivity index (χ1n) is 9.54. The van der Waals surface area contributed by atoms with Crippen molar-refractivity contribution >= 4 is 23.2 Å². The lowest BCUT2D eigenvalue weighted by atomic mass is 10.1. The number of ether oxygens (including phenoxy) is 2. The molecule has 1 N–H and O–H groups in total. The maximum Gasteiger partial charge on any atom is 0.274 e. The van der Waals surface area contributed by atoms with Crippen LogP contribution in [0.1, 0.15) is 10.5 Å². The van der Waals surface area contributed by atoms with E-state index in [1.165, 1.54) is 14.2 Å². The minimum Gasteiger partial charge on any atom is -0.493 e. The summed E-state index contributed by atoms with van der Waals surface area (Å²) in [5.74, 6) is 0.586. The molecular formula is C24H20ClN3O3. The molecule has 1 amide bonds. The highest BCUT2D eigenvalue weighted by Gasteiger charge is 2.20. The number of benzene rings is 3. The van der Waals surface area contributed by atoms with Crippen molar-refractivity contribution in [2.24, 2.45) is 0 Å². The van der Waals surface area contributed by atoms with Crippen LogP contribution in [0.3, 0.4) is 0 Å². The number of nitrogens with one attached hydrogen (secondary N) is 1. The third-order valence-electron chi connectivity index (χ3n) is 4.73. The third kappa shape index (κ3) is 4.25. The quantitative estimate of drug-likeness (QED) is 0.438. The van der Waals surface area contributed by atoms with Gasteiger partial charge in [-0.3, -0.25) is 4.79 Å². The molecule has 0 aliphatic rings. The molecule has 6 nitrogen and oxygen atoms in total. The number of halogens is 1. The second-order valence-corrected chi connectivity index (χ2v) is 7.08. The SMILES string of the molecule is COc1cc(Cl)c(NC(=O)c2cc(-c3ccccc3)nn2-c2ccccc2)cc1OC. The van der Waals surface area contributed by atoms with Crippen molar-refractivity contribution in [3.63, 3.8) is 0 Å². The second-order valence-electron chi connectivity index (χ2n) is 6.67. The zero-order chi connectivity index (χ0) is 21.8. The lowest BCUT2D eigenvalue weighted by Gasteiger charge is -2.13. The number of hydrogen-bond donors (Lipinski definition) is 1. The van der Waals surface area contributed by atoms with E-state index in [1.54, 1.807) is 22.9 Å². The van der Waals surface area contributed by atoms with Crippen molar-refractivity contribution in [1.29, 1.82) is 0 Å². The fraction of sp³-hybridized carbons (Fsp3) is 0.0833. The van der Waals surface area contributed by atoms with Crippen LogP contribution in [0.2, 0.25) is 5.02 Å². The van der Waals surface area contributed by atoms with Crippen LogP contribution < -0.4 is 14.8 Å². The Hall–Kier alpha value is -3.77. The predicted octanol–water partition coefficient (Wildman–Crippen LogP) is 5.46. The Balaban J connectivity index is 1.75. The number of aromatic nitrogens is 2. The van der Waals surface area contributed by atoms with E-state index in [0.29, 0.717) is 33.6 Å². The monoisotopic (exact) mass is 433 g/mol. The Morgan fingerprint density at radius 1 is 0.903 bits per heavy atom. The minimum atomic E-state index is -0.354. The number of para-hydroxylation sites is 1. The van der Waals surface area contributed by atoms with E-state index in [2.05, 4.69) is 10.4 Å². The summed E-state index contributed by atoms with van der Waals surface area (Å²) in [7, 11) is 3.05. The molecule has 1 heterocycles. The second kappa shape index (κ2) is 8.93. The molecule has 0 spiro atoms. The number of hydrogen-bond acceptors (Lipinski definition) is 4. The van der Waals surface area contributed by atoms with Crippen LogP contribution in [-0.4, -0.2) is 29.9 Å². The highest BCUT2D eigenvalue weighted by molar-refractivity contribution is 6.34. The summed E-state index contributed by atoms with van der Waals surface area (Å²) in [4.78, 5) is 13.3. The van der Waals surface area contributed by atoms with Gasteiger partial charge < -0.3 is 14.8 Å². The van der Waals surface area contributed by atoms with E-state index >= 15 is 0 Å². The van der Waals surface area contributed by atoms with Crippen molar-refractivity contribution in [3.05, 3.63) is 89.6 Å². The van der Waals surface area contributed by atoms with Gasteiger partial charge in [0, 0.05) is 17.7 Å². The molecule has 0 atom stereocenters. The summed E-state index contributed by atoms with van der Waals surface area (Å²) in [5.41, 5.74) is 3.15. The van der Waals surface area contributed by atoms with Gasteiger partial charge in [0.2, 0.25) is 0 Å². The summed E-state index contributed by atoms with van der Waals surface area (Å²) in [6, 6.07) is 24.2. The van der Waals surface area contributed by atoms with Gasteiger partial charge in [0.15, 0.2) is 11.5 Å². The first-order valence-corrected chi connectivity index (χ1v) is 9.92. The molecule has 0 radical (unpaired) electrons. The van der Waals surface area contributed by atoms with Crippen molar-refractivity contribution in [2.45, 2.75) is 0 Å². The molecule has 1 aromatic heterocycles. The molecule has 0 saturated heterocycles. The molecule has 156 valence electrons. The molecule has 3 aromatic carbocycles. The lowest BCUT2D eigenvalue weighted by Crippen LogP contribution is -2.17. The number of anilines is 1. The molecule has 4 aromatic rings. The van der Waals surface area contributed by atoms with Crippen LogP contribution >= 0.6 is 11.6 Å². The number of nitrogens with zero attached hydrogens (tertiary/aromatic N) is 2. The first-order chi connectivity index (χ1) is 15.1. The molecule has 0 saturated carbocycles. The lowest BCUT2D eigenvalue weighted by molar-refractivity contribution is 0.101. The molecule has 7 heteroatoms. The topological polar surface area (TPSA) is 65.4 Å². The van der Waals surface area contributed by atoms with Gasteiger partial charge in [-0.05, 0) is 18.2 Å². The number of amides is 1. The average molecular weight is 434 g/mol. The van der Waals surface area contributed by atoms with Crippen molar-refractivity contribution in [2.75, 3.05) is 19.5 Å². The highest BCUT2D eigenvalue weighted by atomic mass is 35.5. The maximum atomic E-state index is 13.3. The number of rotatable bonds is 6. The molecule has 0 unspecified atom stereocenters. The molecule has 4 rings (SSSR count). The van der Waals surface area contributed by atoms with Crippen LogP contribution in [0.4, 0.5) is 5.69 Å². The summed E-state index contributed by atoms with van der Waals surface area (Å²) >= 11 is 6.35. The predicted molar refractivity (Wildman–Crippen MR) is 122 cm³/mol. The first kappa shape index (κ1) is 20.5. The molecule has 0 aliphatic carbocycles. The van der Waals surface area contributed by atoms with Gasteiger partial charge in [-0.25, -0.2) is 4.68 Å². The summed E-state index contributed by atoms with van der Waals surface area (Å²) in [6.45, 7) is 0. The van der Waals surface area contributed by atoms with Crippen molar-refractivity contribution in [1.82, 2.24) is 9.78 Å². The van der Waals surface area contributed by atoms with E-state index in [9.17, 15) is 4.79 Å². The zero-order valence-electron chi connectivity index (χ0n) is 17.0. The molecule has 31 heavy (non-hydrogen) atoms. The normalized spacial score (nSPS) is 10.5. The van der Waals surface area contributed by atoms with Crippen LogP contribution in [0.25, 0.3) is 16.9 Å². The average Bonchev–Trinajstić information content (AvgIpc) is 3.27. The van der Waals surface area contributed by atoms with Crippen LogP contribution in [0.15, 0.2) is 78.9 Å². The standard InChI is InChI=1S/C24H20ClN3O3/c1-30-22-13-18(25)20(15-23(22)31-2)26-24(29)21-14-19(16-9-5-3-6-10-16)27-28(21)17-11-7-4-8-12-17/h3-15H,1-2H3,(H,26,29). The van der Waals surface area contributed by atoms with E-state index in [4.69, 9.17) is 21.1 Å². The van der Waals surface area contributed by atoms with Gasteiger partial charge in [-0.1, -0.05) is 60.1 Å². The Bertz CT molecular complexity index is 1210. The Morgan fingerprint density at radius 2 is 1.52 bits per heavy atom. The highest BCUT2D eigenvalue weighted by Crippen LogP contribution is 2.36. The van der Waals surface area contributed by atoms with Gasteiger partial charge in [0.1, 0.15) is 5.69 Å². The van der Waals surface area contributed by atoms with Crippen molar-refractivity contribution < 1.29 is 14.3 Å².